The molecule has 1 aliphatic heterocycles. The molecule has 1 aromatic rings. The molecule has 5 nitrogen and oxygen atoms in total. The van der Waals surface area contributed by atoms with E-state index < -0.39 is 10.0 Å². The number of carbonyl (C=O) groups excluding carboxylic acids is 1. The molecule has 0 aromatic heterocycles. The first kappa shape index (κ1) is 17.4. The van der Waals surface area contributed by atoms with Gasteiger partial charge in [0.1, 0.15) is 0 Å². The lowest BCUT2D eigenvalue weighted by Gasteiger charge is -2.20. The molecule has 0 bridgehead atoms. The van der Waals surface area contributed by atoms with Gasteiger partial charge in [-0.3, -0.25) is 4.79 Å². The van der Waals surface area contributed by atoms with Gasteiger partial charge in [0.15, 0.2) is 0 Å². The van der Waals surface area contributed by atoms with Crippen molar-refractivity contribution in [2.75, 3.05) is 19.6 Å². The Morgan fingerprint density at radius 2 is 2.05 bits per heavy atom. The summed E-state index contributed by atoms with van der Waals surface area (Å²) in [5.41, 5.74) is 0. The quantitative estimate of drug-likeness (QED) is 0.761. The van der Waals surface area contributed by atoms with Gasteiger partial charge in [-0.05, 0) is 37.5 Å². The molecule has 0 unspecified atom stereocenters. The second-order valence-corrected chi connectivity index (χ2v) is 8.08. The van der Waals surface area contributed by atoms with Gasteiger partial charge in [-0.25, -0.2) is 13.1 Å². The molecular weight excluding hydrogens is 368 g/mol. The molecule has 0 radical (unpaired) electrons. The molecule has 0 spiro atoms. The van der Waals surface area contributed by atoms with Crippen molar-refractivity contribution in [1.82, 2.24) is 9.62 Å². The fourth-order valence-corrected chi connectivity index (χ4v) is 4.14. The minimum absolute atomic E-state index is 0.187. The Bertz CT molecular complexity index is 619. The molecule has 1 amide bonds. The zero-order valence-corrected chi connectivity index (χ0v) is 14.8. The maximum Gasteiger partial charge on any atom is 0.240 e. The monoisotopic (exact) mass is 388 g/mol. The number of nitrogens with zero attached hydrogens (tertiary/aromatic N) is 1. The highest BCUT2D eigenvalue weighted by Crippen LogP contribution is 2.16. The minimum Gasteiger partial charge on any atom is -0.343 e. The Hall–Kier alpha value is -0.920. The third-order valence-electron chi connectivity index (χ3n) is 3.67. The lowest BCUT2D eigenvalue weighted by Crippen LogP contribution is -2.34. The summed E-state index contributed by atoms with van der Waals surface area (Å²) in [6.07, 6.45) is 4.33. The first-order chi connectivity index (χ1) is 10.5. The van der Waals surface area contributed by atoms with E-state index >= 15 is 0 Å². The lowest BCUT2D eigenvalue weighted by molar-refractivity contribution is -0.130. The fourth-order valence-electron chi connectivity index (χ4n) is 2.47. The molecule has 122 valence electrons. The van der Waals surface area contributed by atoms with Crippen LogP contribution in [0.25, 0.3) is 0 Å². The van der Waals surface area contributed by atoms with Gasteiger partial charge in [0, 0.05) is 30.5 Å². The molecule has 7 heteroatoms. The lowest BCUT2D eigenvalue weighted by atomic mass is 10.2. The summed E-state index contributed by atoms with van der Waals surface area (Å²) < 4.78 is 27.6. The largest absolute Gasteiger partial charge is 0.343 e. The molecule has 1 N–H and O–H groups in total. The highest BCUT2D eigenvalue weighted by atomic mass is 79.9. The maximum absolute atomic E-state index is 12.1. The van der Waals surface area contributed by atoms with E-state index in [0.717, 1.165) is 30.3 Å². The Balaban J connectivity index is 1.81. The van der Waals surface area contributed by atoms with Crippen molar-refractivity contribution in [2.45, 2.75) is 37.0 Å². The van der Waals surface area contributed by atoms with Crippen LogP contribution < -0.4 is 4.72 Å². The van der Waals surface area contributed by atoms with Crippen molar-refractivity contribution in [3.63, 3.8) is 0 Å². The maximum atomic E-state index is 12.1. The zero-order chi connectivity index (χ0) is 16.0. The van der Waals surface area contributed by atoms with Crippen LogP contribution in [0.15, 0.2) is 33.6 Å². The number of nitrogens with one attached hydrogen (secondary N) is 1. The Labute approximate surface area is 140 Å². The van der Waals surface area contributed by atoms with Gasteiger partial charge in [-0.2, -0.15) is 0 Å². The van der Waals surface area contributed by atoms with E-state index in [0.29, 0.717) is 25.9 Å². The standard InChI is InChI=1S/C15H21BrN2O3S/c16-13-6-4-7-14(12-13)22(20,21)17-9-5-11-18-10-3-1-2-8-15(18)19/h4,6-7,12,17H,1-3,5,8-11H2. The summed E-state index contributed by atoms with van der Waals surface area (Å²) >= 11 is 3.27. The van der Waals surface area contributed by atoms with Crippen molar-refractivity contribution in [2.24, 2.45) is 0 Å². The number of benzene rings is 1. The van der Waals surface area contributed by atoms with Gasteiger partial charge >= 0.3 is 0 Å². The number of halogens is 1. The predicted octanol–water partition coefficient (Wildman–Crippen LogP) is 2.52. The zero-order valence-electron chi connectivity index (χ0n) is 12.4. The smallest absolute Gasteiger partial charge is 0.240 e. The predicted molar refractivity (Wildman–Crippen MR) is 89.0 cm³/mol. The molecule has 2 rings (SSSR count). The normalized spacial score (nSPS) is 16.6. The van der Waals surface area contributed by atoms with Crippen molar-refractivity contribution in [3.05, 3.63) is 28.7 Å². The third kappa shape index (κ3) is 5.07. The molecule has 22 heavy (non-hydrogen) atoms. The molecule has 1 heterocycles. The summed E-state index contributed by atoms with van der Waals surface area (Å²) in [6, 6.07) is 6.60. The van der Waals surface area contributed by atoms with Crippen molar-refractivity contribution in [1.29, 1.82) is 0 Å². The van der Waals surface area contributed by atoms with Gasteiger partial charge in [0.25, 0.3) is 0 Å². The number of likely N-dealkylation sites (tertiary alicyclic amines) is 1. The first-order valence-electron chi connectivity index (χ1n) is 7.52. The summed E-state index contributed by atoms with van der Waals surface area (Å²) in [5, 5.41) is 0. The summed E-state index contributed by atoms with van der Waals surface area (Å²) in [5.74, 6) is 0.187. The molecule has 0 saturated carbocycles. The molecule has 1 saturated heterocycles. The van der Waals surface area contributed by atoms with Crippen LogP contribution in [0.5, 0.6) is 0 Å². The van der Waals surface area contributed by atoms with E-state index in [1.54, 1.807) is 24.3 Å². The fraction of sp³-hybridized carbons (Fsp3) is 0.533. The van der Waals surface area contributed by atoms with Crippen LogP contribution in [0.4, 0.5) is 0 Å². The van der Waals surface area contributed by atoms with Gasteiger partial charge in [-0.1, -0.05) is 28.4 Å². The van der Waals surface area contributed by atoms with Crippen molar-refractivity contribution < 1.29 is 13.2 Å². The molecule has 1 aromatic carbocycles. The SMILES string of the molecule is O=C1CCCCCN1CCCNS(=O)(=O)c1cccc(Br)c1. The highest BCUT2D eigenvalue weighted by Gasteiger charge is 2.17. The summed E-state index contributed by atoms with van der Waals surface area (Å²) in [4.78, 5) is 13.9. The van der Waals surface area contributed by atoms with E-state index in [-0.39, 0.29) is 10.8 Å². The van der Waals surface area contributed by atoms with Crippen molar-refractivity contribution in [3.8, 4) is 0 Å². The van der Waals surface area contributed by atoms with E-state index in [9.17, 15) is 13.2 Å². The highest BCUT2D eigenvalue weighted by molar-refractivity contribution is 9.10. The number of hydrogen-bond acceptors (Lipinski definition) is 3. The summed E-state index contributed by atoms with van der Waals surface area (Å²) in [6.45, 7) is 1.73. The minimum atomic E-state index is -3.49. The van der Waals surface area contributed by atoms with E-state index in [4.69, 9.17) is 0 Å². The first-order valence-corrected chi connectivity index (χ1v) is 9.80. The Morgan fingerprint density at radius 1 is 1.23 bits per heavy atom. The topological polar surface area (TPSA) is 66.5 Å². The van der Waals surface area contributed by atoms with Crippen LogP contribution in [-0.4, -0.2) is 38.9 Å². The molecule has 0 aliphatic carbocycles. The van der Waals surface area contributed by atoms with Gasteiger partial charge in [0.2, 0.25) is 15.9 Å². The molecule has 1 fully saturated rings. The third-order valence-corrected chi connectivity index (χ3v) is 5.63. The van der Waals surface area contributed by atoms with Crippen LogP contribution in [0, 0.1) is 0 Å². The van der Waals surface area contributed by atoms with Gasteiger partial charge in [-0.15, -0.1) is 0 Å². The molecule has 1 aliphatic rings. The number of sulfonamides is 1. The average molecular weight is 389 g/mol. The van der Waals surface area contributed by atoms with E-state index in [1.165, 1.54) is 0 Å². The average Bonchev–Trinajstić information content (AvgIpc) is 2.68. The van der Waals surface area contributed by atoms with Gasteiger partial charge < -0.3 is 4.90 Å². The summed E-state index contributed by atoms with van der Waals surface area (Å²) in [7, 11) is -3.49. The number of hydrogen-bond donors (Lipinski definition) is 1. The Morgan fingerprint density at radius 3 is 2.82 bits per heavy atom. The van der Waals surface area contributed by atoms with Crippen LogP contribution >= 0.6 is 15.9 Å². The van der Waals surface area contributed by atoms with Crippen molar-refractivity contribution >= 4 is 31.9 Å². The van der Waals surface area contributed by atoms with Gasteiger partial charge in [0.05, 0.1) is 4.90 Å². The Kier molecular flexibility index (Phi) is 6.40. The second-order valence-electron chi connectivity index (χ2n) is 5.40. The molecule has 0 atom stereocenters. The van der Waals surface area contributed by atoms with E-state index in [1.807, 2.05) is 4.90 Å². The van der Waals surface area contributed by atoms with Crippen LogP contribution in [0.2, 0.25) is 0 Å². The molecular formula is C15H21BrN2O3S. The van der Waals surface area contributed by atoms with Crippen LogP contribution in [0.1, 0.15) is 32.1 Å². The number of amides is 1. The van der Waals surface area contributed by atoms with Crippen LogP contribution in [0.3, 0.4) is 0 Å². The number of carbonyl (C=O) groups is 1. The number of rotatable bonds is 6. The van der Waals surface area contributed by atoms with Crippen LogP contribution in [-0.2, 0) is 14.8 Å². The van der Waals surface area contributed by atoms with E-state index in [2.05, 4.69) is 20.7 Å². The second kappa shape index (κ2) is 8.08.